The molecule has 4 N–H and O–H groups in total. The number of benzene rings is 2. The Labute approximate surface area is 162 Å². The SMILES string of the molecule is CC(Cc1ccc(C(=O)Nc2cc(-c3cccs3)ccc2N)cc1)[PH](=O)O. The molecule has 1 heterocycles. The first-order chi connectivity index (χ1) is 12.9. The fourth-order valence-corrected chi connectivity index (χ4v) is 3.82. The van der Waals surface area contributed by atoms with Crippen LogP contribution in [-0.2, 0) is 11.0 Å². The fraction of sp³-hybridized carbons (Fsp3) is 0.150. The van der Waals surface area contributed by atoms with Crippen molar-refractivity contribution < 1.29 is 14.3 Å². The van der Waals surface area contributed by atoms with Crippen LogP contribution in [0.3, 0.4) is 0 Å². The Morgan fingerprint density at radius 2 is 1.96 bits per heavy atom. The number of anilines is 2. The average molecular weight is 400 g/mol. The lowest BCUT2D eigenvalue weighted by atomic mass is 10.1. The average Bonchev–Trinajstić information content (AvgIpc) is 3.18. The van der Waals surface area contributed by atoms with Gasteiger partial charge in [-0.2, -0.15) is 0 Å². The molecule has 3 aromatic rings. The van der Waals surface area contributed by atoms with Crippen LogP contribution in [0.2, 0.25) is 0 Å². The molecule has 0 aliphatic heterocycles. The molecular formula is C20H21N2O3PS. The van der Waals surface area contributed by atoms with Gasteiger partial charge in [0.15, 0.2) is 8.03 Å². The number of hydrogen-bond acceptors (Lipinski definition) is 4. The second-order valence-corrected chi connectivity index (χ2v) is 8.98. The minimum Gasteiger partial charge on any atom is -0.397 e. The van der Waals surface area contributed by atoms with Gasteiger partial charge in [0.05, 0.1) is 11.4 Å². The van der Waals surface area contributed by atoms with E-state index < -0.39 is 8.03 Å². The summed E-state index contributed by atoms with van der Waals surface area (Å²) >= 11 is 1.62. The molecule has 0 aliphatic rings. The van der Waals surface area contributed by atoms with Gasteiger partial charge in [-0.15, -0.1) is 11.3 Å². The standard InChI is InChI=1S/C20H21N2O3PS/c1-13(26(24)25)11-14-4-6-15(7-5-14)20(23)22-18-12-16(8-9-17(18)21)19-3-2-10-27-19/h2-10,12-13,26H,11,21H2,1H3,(H,22,23)(H,24,25). The summed E-state index contributed by atoms with van der Waals surface area (Å²) in [7, 11) is -2.55. The third-order valence-electron chi connectivity index (χ3n) is 4.29. The van der Waals surface area contributed by atoms with E-state index in [0.717, 1.165) is 16.0 Å². The van der Waals surface area contributed by atoms with Gasteiger partial charge < -0.3 is 15.9 Å². The van der Waals surface area contributed by atoms with E-state index in [4.69, 9.17) is 5.73 Å². The van der Waals surface area contributed by atoms with Gasteiger partial charge in [-0.25, -0.2) is 0 Å². The van der Waals surface area contributed by atoms with Gasteiger partial charge in [0, 0.05) is 16.1 Å². The Bertz CT molecular complexity index is 956. The van der Waals surface area contributed by atoms with Crippen LogP contribution in [0, 0.1) is 0 Å². The normalized spacial score (nSPS) is 13.1. The van der Waals surface area contributed by atoms with Crippen molar-refractivity contribution in [2.24, 2.45) is 0 Å². The van der Waals surface area contributed by atoms with E-state index in [-0.39, 0.29) is 11.6 Å². The van der Waals surface area contributed by atoms with Gasteiger partial charge >= 0.3 is 0 Å². The van der Waals surface area contributed by atoms with Crippen LogP contribution in [0.25, 0.3) is 10.4 Å². The molecular weight excluding hydrogens is 379 g/mol. The van der Waals surface area contributed by atoms with Crippen LogP contribution in [0.4, 0.5) is 11.4 Å². The molecule has 0 saturated carbocycles. The van der Waals surface area contributed by atoms with Crippen LogP contribution in [0.1, 0.15) is 22.8 Å². The smallest absolute Gasteiger partial charge is 0.255 e. The van der Waals surface area contributed by atoms with Crippen molar-refractivity contribution in [3.8, 4) is 10.4 Å². The first-order valence-corrected chi connectivity index (χ1v) is 10.8. The predicted octanol–water partition coefficient (Wildman–Crippen LogP) is 4.65. The van der Waals surface area contributed by atoms with Crippen molar-refractivity contribution in [1.82, 2.24) is 0 Å². The number of nitrogen functional groups attached to an aromatic ring is 1. The van der Waals surface area contributed by atoms with Gasteiger partial charge in [0.1, 0.15) is 0 Å². The summed E-state index contributed by atoms with van der Waals surface area (Å²) < 4.78 is 11.1. The number of nitrogens with two attached hydrogens (primary N) is 1. The largest absolute Gasteiger partial charge is 0.397 e. The molecule has 0 saturated heterocycles. The quantitative estimate of drug-likeness (QED) is 0.415. The predicted molar refractivity (Wildman–Crippen MR) is 113 cm³/mol. The second-order valence-electron chi connectivity index (χ2n) is 6.37. The topological polar surface area (TPSA) is 92.4 Å². The zero-order valence-electron chi connectivity index (χ0n) is 14.8. The molecule has 5 nitrogen and oxygen atoms in total. The Morgan fingerprint density at radius 3 is 2.59 bits per heavy atom. The van der Waals surface area contributed by atoms with Crippen molar-refractivity contribution in [3.63, 3.8) is 0 Å². The Kier molecular flexibility index (Phi) is 6.11. The lowest BCUT2D eigenvalue weighted by Crippen LogP contribution is -2.13. The fourth-order valence-electron chi connectivity index (χ4n) is 2.69. The van der Waals surface area contributed by atoms with Crippen LogP contribution < -0.4 is 11.1 Å². The van der Waals surface area contributed by atoms with Gasteiger partial charge in [0.2, 0.25) is 0 Å². The number of amides is 1. The summed E-state index contributed by atoms with van der Waals surface area (Å²) in [5, 5.41) is 4.86. The number of hydrogen-bond donors (Lipinski definition) is 3. The van der Waals surface area contributed by atoms with Crippen LogP contribution >= 0.6 is 19.4 Å². The van der Waals surface area contributed by atoms with Gasteiger partial charge in [-0.3, -0.25) is 9.36 Å². The third-order valence-corrected chi connectivity index (χ3v) is 6.25. The van der Waals surface area contributed by atoms with Crippen LogP contribution in [0.5, 0.6) is 0 Å². The molecule has 0 fully saturated rings. The van der Waals surface area contributed by atoms with Crippen LogP contribution in [-0.4, -0.2) is 16.5 Å². The maximum absolute atomic E-state index is 12.6. The van der Waals surface area contributed by atoms with E-state index >= 15 is 0 Å². The zero-order valence-corrected chi connectivity index (χ0v) is 16.6. The molecule has 2 unspecified atom stereocenters. The first-order valence-electron chi connectivity index (χ1n) is 8.50. The minimum atomic E-state index is -2.55. The van der Waals surface area contributed by atoms with Gasteiger partial charge in [0.25, 0.3) is 5.91 Å². The summed E-state index contributed by atoms with van der Waals surface area (Å²) in [5.41, 5.74) is 9.23. The lowest BCUT2D eigenvalue weighted by Gasteiger charge is -2.11. The molecule has 0 bridgehead atoms. The maximum atomic E-state index is 12.6. The van der Waals surface area contributed by atoms with Crippen molar-refractivity contribution in [1.29, 1.82) is 0 Å². The highest BCUT2D eigenvalue weighted by Gasteiger charge is 2.12. The number of nitrogens with one attached hydrogen (secondary N) is 1. The number of thiophene rings is 1. The highest BCUT2D eigenvalue weighted by atomic mass is 32.1. The molecule has 0 spiro atoms. The highest BCUT2D eigenvalue weighted by Crippen LogP contribution is 2.30. The molecule has 1 aromatic heterocycles. The third kappa shape index (κ3) is 4.86. The molecule has 1 amide bonds. The van der Waals surface area contributed by atoms with Gasteiger partial charge in [-0.1, -0.05) is 31.2 Å². The first kappa shape index (κ1) is 19.4. The minimum absolute atomic E-state index is 0.250. The van der Waals surface area contributed by atoms with E-state index in [1.165, 1.54) is 0 Å². The lowest BCUT2D eigenvalue weighted by molar-refractivity contribution is 0.102. The zero-order chi connectivity index (χ0) is 19.4. The number of carbonyl (C=O) groups excluding carboxylic acids is 1. The van der Waals surface area contributed by atoms with Crippen molar-refractivity contribution >= 4 is 36.6 Å². The highest BCUT2D eigenvalue weighted by molar-refractivity contribution is 7.38. The van der Waals surface area contributed by atoms with E-state index in [9.17, 15) is 14.3 Å². The van der Waals surface area contributed by atoms with E-state index in [1.807, 2.05) is 41.8 Å². The Morgan fingerprint density at radius 1 is 1.22 bits per heavy atom. The van der Waals surface area contributed by atoms with Crippen molar-refractivity contribution in [3.05, 3.63) is 71.1 Å². The summed E-state index contributed by atoms with van der Waals surface area (Å²) in [6, 6.07) is 16.6. The summed E-state index contributed by atoms with van der Waals surface area (Å²) in [6.07, 6.45) is 0.506. The Hall–Kier alpha value is -2.40. The molecule has 140 valence electrons. The Balaban J connectivity index is 1.74. The van der Waals surface area contributed by atoms with Crippen molar-refractivity contribution in [2.75, 3.05) is 11.1 Å². The summed E-state index contributed by atoms with van der Waals surface area (Å²) in [6.45, 7) is 1.74. The van der Waals surface area contributed by atoms with Crippen molar-refractivity contribution in [2.45, 2.75) is 19.0 Å². The summed E-state index contributed by atoms with van der Waals surface area (Å²) in [5.74, 6) is -0.250. The maximum Gasteiger partial charge on any atom is 0.255 e. The molecule has 0 radical (unpaired) electrons. The molecule has 2 aromatic carbocycles. The molecule has 0 aliphatic carbocycles. The molecule has 27 heavy (non-hydrogen) atoms. The molecule has 2 atom stereocenters. The summed E-state index contributed by atoms with van der Waals surface area (Å²) in [4.78, 5) is 22.8. The monoisotopic (exact) mass is 400 g/mol. The van der Waals surface area contributed by atoms with E-state index in [1.54, 1.807) is 36.5 Å². The van der Waals surface area contributed by atoms with Crippen LogP contribution in [0.15, 0.2) is 60.0 Å². The molecule has 3 rings (SSSR count). The number of carbonyl (C=O) groups is 1. The second kappa shape index (κ2) is 8.53. The number of rotatable bonds is 6. The van der Waals surface area contributed by atoms with Gasteiger partial charge in [-0.05, 0) is 53.3 Å². The van der Waals surface area contributed by atoms with E-state index in [2.05, 4.69) is 5.32 Å². The van der Waals surface area contributed by atoms with E-state index in [0.29, 0.717) is 23.4 Å². The molecule has 7 heteroatoms.